The maximum absolute atomic E-state index is 5.54. The fourth-order valence-corrected chi connectivity index (χ4v) is 0.560. The van der Waals surface area contributed by atoms with Gasteiger partial charge in [0.25, 0.3) is 0 Å². The van der Waals surface area contributed by atoms with Gasteiger partial charge in [0.1, 0.15) is 0 Å². The van der Waals surface area contributed by atoms with Gasteiger partial charge < -0.3 is 0 Å². The van der Waals surface area contributed by atoms with Crippen LogP contribution in [0.15, 0.2) is 30.3 Å². The van der Waals surface area contributed by atoms with E-state index in [-0.39, 0.29) is 37.7 Å². The van der Waals surface area contributed by atoms with E-state index in [4.69, 9.17) is 11.6 Å². The van der Waals surface area contributed by atoms with Gasteiger partial charge in [-0.1, -0.05) is 29.8 Å². The molecule has 0 aliphatic heterocycles. The summed E-state index contributed by atoms with van der Waals surface area (Å²) in [5.74, 6) is 0. The molecule has 0 saturated heterocycles. The molecule has 1 rings (SSSR count). The Hall–Kier alpha value is 0.770. The molecular formula is C6H7CaCl. The van der Waals surface area contributed by atoms with Gasteiger partial charge in [-0.15, -0.1) is 0 Å². The minimum atomic E-state index is 0. The molecule has 0 heterocycles. The van der Waals surface area contributed by atoms with Crippen LogP contribution < -0.4 is 0 Å². The molecule has 0 spiro atoms. The molecule has 0 aromatic heterocycles. The molecule has 0 nitrogen and oxygen atoms in total. The van der Waals surface area contributed by atoms with E-state index in [1.807, 2.05) is 30.3 Å². The van der Waals surface area contributed by atoms with Crippen LogP contribution in [-0.4, -0.2) is 37.7 Å². The molecule has 1 aromatic carbocycles. The molecule has 0 aliphatic rings. The second-order valence-electron chi connectivity index (χ2n) is 1.30. The number of benzene rings is 1. The molecule has 0 fully saturated rings. The first-order chi connectivity index (χ1) is 3.39. The summed E-state index contributed by atoms with van der Waals surface area (Å²) in [4.78, 5) is 0. The third-order valence-corrected chi connectivity index (χ3v) is 0.985. The first-order valence-electron chi connectivity index (χ1n) is 2.10. The van der Waals surface area contributed by atoms with Gasteiger partial charge in [-0.2, -0.15) is 0 Å². The summed E-state index contributed by atoms with van der Waals surface area (Å²) < 4.78 is 0. The SMILES string of the molecule is Clc1ccccc1.[CaH2]. The number of halogens is 1. The Morgan fingerprint density at radius 1 is 1.00 bits per heavy atom. The first kappa shape index (κ1) is 8.77. The molecule has 0 atom stereocenters. The van der Waals surface area contributed by atoms with E-state index in [0.717, 1.165) is 5.02 Å². The standard InChI is InChI=1S/C6H5Cl.Ca.2H/c7-6-4-2-1-3-5-6;;;/h1-5H;;;. The van der Waals surface area contributed by atoms with Gasteiger partial charge in [-0.25, -0.2) is 0 Å². The monoisotopic (exact) mass is 154 g/mol. The summed E-state index contributed by atoms with van der Waals surface area (Å²) in [6.45, 7) is 0. The van der Waals surface area contributed by atoms with Crippen LogP contribution in [-0.2, 0) is 0 Å². The molecule has 8 heavy (non-hydrogen) atoms. The molecule has 2 heteroatoms. The van der Waals surface area contributed by atoms with Crippen molar-refractivity contribution in [3.05, 3.63) is 35.4 Å². The van der Waals surface area contributed by atoms with Gasteiger partial charge in [0, 0.05) is 5.02 Å². The van der Waals surface area contributed by atoms with Crippen LogP contribution in [0.25, 0.3) is 0 Å². The molecular weight excluding hydrogens is 148 g/mol. The van der Waals surface area contributed by atoms with Crippen LogP contribution in [0.4, 0.5) is 0 Å². The number of hydrogen-bond acceptors (Lipinski definition) is 0. The predicted molar refractivity (Wildman–Crippen MR) is 40.0 cm³/mol. The Morgan fingerprint density at radius 3 is 1.75 bits per heavy atom. The van der Waals surface area contributed by atoms with Gasteiger partial charge in [-0.3, -0.25) is 0 Å². The molecule has 0 unspecified atom stereocenters. The van der Waals surface area contributed by atoms with E-state index in [1.165, 1.54) is 0 Å². The van der Waals surface area contributed by atoms with E-state index in [1.54, 1.807) is 0 Å². The average Bonchev–Trinajstić information content (AvgIpc) is 1.69. The van der Waals surface area contributed by atoms with Gasteiger partial charge in [0.2, 0.25) is 0 Å². The van der Waals surface area contributed by atoms with Crippen LogP contribution in [0, 0.1) is 0 Å². The number of rotatable bonds is 0. The molecule has 0 amide bonds. The zero-order chi connectivity index (χ0) is 5.11. The van der Waals surface area contributed by atoms with Crippen molar-refractivity contribution in [1.82, 2.24) is 0 Å². The van der Waals surface area contributed by atoms with Crippen LogP contribution in [0.3, 0.4) is 0 Å². The van der Waals surface area contributed by atoms with Crippen molar-refractivity contribution in [2.24, 2.45) is 0 Å². The average molecular weight is 155 g/mol. The molecule has 40 valence electrons. The van der Waals surface area contributed by atoms with Crippen molar-refractivity contribution in [3.63, 3.8) is 0 Å². The summed E-state index contributed by atoms with van der Waals surface area (Å²) in [6, 6.07) is 9.44. The van der Waals surface area contributed by atoms with Crippen molar-refractivity contribution in [2.75, 3.05) is 0 Å². The molecule has 0 N–H and O–H groups in total. The normalized spacial score (nSPS) is 7.62. The summed E-state index contributed by atoms with van der Waals surface area (Å²) in [5.41, 5.74) is 0. The Kier molecular flexibility index (Phi) is 5.08. The fraction of sp³-hybridized carbons (Fsp3) is 0. The molecule has 0 bridgehead atoms. The molecule has 0 saturated carbocycles. The van der Waals surface area contributed by atoms with E-state index in [2.05, 4.69) is 0 Å². The molecule has 0 radical (unpaired) electrons. The van der Waals surface area contributed by atoms with Gasteiger partial charge in [0.05, 0.1) is 0 Å². The van der Waals surface area contributed by atoms with E-state index >= 15 is 0 Å². The van der Waals surface area contributed by atoms with Crippen molar-refractivity contribution >= 4 is 49.3 Å². The van der Waals surface area contributed by atoms with E-state index < -0.39 is 0 Å². The zero-order valence-electron chi connectivity index (χ0n) is 3.76. The second kappa shape index (κ2) is 4.63. The van der Waals surface area contributed by atoms with E-state index in [9.17, 15) is 0 Å². The van der Waals surface area contributed by atoms with Crippen molar-refractivity contribution in [1.29, 1.82) is 0 Å². The Balaban J connectivity index is 0.000000490. The topological polar surface area (TPSA) is 0 Å². The van der Waals surface area contributed by atoms with Crippen molar-refractivity contribution in [2.45, 2.75) is 0 Å². The van der Waals surface area contributed by atoms with Gasteiger partial charge in [0.15, 0.2) is 0 Å². The third kappa shape index (κ3) is 2.93. The van der Waals surface area contributed by atoms with Crippen LogP contribution in [0.1, 0.15) is 0 Å². The van der Waals surface area contributed by atoms with Gasteiger partial charge in [-0.05, 0) is 12.1 Å². The van der Waals surface area contributed by atoms with Crippen LogP contribution >= 0.6 is 11.6 Å². The fourth-order valence-electron chi connectivity index (χ4n) is 0.415. The predicted octanol–water partition coefficient (Wildman–Crippen LogP) is 1.42. The third-order valence-electron chi connectivity index (χ3n) is 0.733. The maximum atomic E-state index is 5.54. The summed E-state index contributed by atoms with van der Waals surface area (Å²) in [5, 5.41) is 0.794. The molecule has 0 aliphatic carbocycles. The second-order valence-corrected chi connectivity index (χ2v) is 1.73. The van der Waals surface area contributed by atoms with Gasteiger partial charge >= 0.3 is 37.7 Å². The molecule has 1 aromatic rings. The quantitative estimate of drug-likeness (QED) is 0.496. The van der Waals surface area contributed by atoms with Crippen LogP contribution in [0.2, 0.25) is 5.02 Å². The van der Waals surface area contributed by atoms with Crippen molar-refractivity contribution < 1.29 is 0 Å². The number of hydrogen-bond donors (Lipinski definition) is 0. The summed E-state index contributed by atoms with van der Waals surface area (Å²) in [7, 11) is 0. The van der Waals surface area contributed by atoms with Crippen LogP contribution in [0.5, 0.6) is 0 Å². The zero-order valence-corrected chi connectivity index (χ0v) is 4.52. The Labute approximate surface area is 83.9 Å². The first-order valence-corrected chi connectivity index (χ1v) is 2.48. The van der Waals surface area contributed by atoms with Crippen molar-refractivity contribution in [3.8, 4) is 0 Å². The summed E-state index contributed by atoms with van der Waals surface area (Å²) >= 11 is 5.54. The minimum absolute atomic E-state index is 0. The van der Waals surface area contributed by atoms with E-state index in [0.29, 0.717) is 0 Å². The Morgan fingerprint density at radius 2 is 1.50 bits per heavy atom. The summed E-state index contributed by atoms with van der Waals surface area (Å²) in [6.07, 6.45) is 0. The Bertz CT molecular complexity index is 138.